The van der Waals surface area contributed by atoms with Crippen LogP contribution in [0.2, 0.25) is 0 Å². The maximum Gasteiger partial charge on any atom is 0.444 e. The average Bonchev–Trinajstić information content (AvgIpc) is 3.13. The van der Waals surface area contributed by atoms with E-state index in [0.717, 1.165) is 5.56 Å². The molecule has 0 aliphatic carbocycles. The summed E-state index contributed by atoms with van der Waals surface area (Å²) in [5, 5.41) is 16.7. The Hall–Kier alpha value is -1.33. The van der Waals surface area contributed by atoms with Crippen molar-refractivity contribution in [3.63, 3.8) is 0 Å². The van der Waals surface area contributed by atoms with E-state index in [1.54, 1.807) is 6.20 Å². The monoisotopic (exact) mass is 592 g/mol. The van der Waals surface area contributed by atoms with E-state index in [4.69, 9.17) is 23.9 Å². The molecule has 1 fully saturated rings. The highest BCUT2D eigenvalue weighted by atomic mass is 31.3. The fourth-order valence-corrected chi connectivity index (χ4v) is 8.17. The molecule has 2 aromatic rings. The Morgan fingerprint density at radius 2 is 2.00 bits per heavy atom. The van der Waals surface area contributed by atoms with Crippen LogP contribution in [-0.2, 0) is 38.5 Å². The molecule has 0 spiro atoms. The van der Waals surface area contributed by atoms with Gasteiger partial charge in [0, 0.05) is 12.6 Å². The number of nitrogens with zero attached hydrogens (tertiary/aromatic N) is 3. The predicted molar refractivity (Wildman–Crippen MR) is 121 cm³/mol. The summed E-state index contributed by atoms with van der Waals surface area (Å²) < 4.78 is 78.5. The standard InChI is InChI=1S/C15H22BF2N4O12P3/c1-14(24)10(23)8(5-32-37(16,30)34-36(28,29)15(17,18)35(25,26)27)33-13(14)22-4-7-2-3-31-21-11-9(7)12(22)20-6-19-11/h4,6,8,10,13,23-24H,2-3,5,16H2,1H3,(H,28,29)(H,19,20,21)(H2,25,26,27)/t8-,10-,13?,14-,37?/m1/s1. The Morgan fingerprint density at radius 3 is 2.65 bits per heavy atom. The van der Waals surface area contributed by atoms with Gasteiger partial charge in [0.2, 0.25) is 0 Å². The van der Waals surface area contributed by atoms with E-state index in [9.17, 15) is 37.6 Å². The molecule has 206 valence electrons. The minimum absolute atomic E-state index is 0.290. The first-order valence-electron chi connectivity index (χ1n) is 10.4. The fraction of sp³-hybridized carbons (Fsp3) is 0.600. The summed E-state index contributed by atoms with van der Waals surface area (Å²) in [4.78, 5) is 40.3. The minimum atomic E-state index is -6.50. The molecule has 16 nitrogen and oxygen atoms in total. The van der Waals surface area contributed by atoms with E-state index < -0.39 is 58.7 Å². The zero-order valence-electron chi connectivity index (χ0n) is 19.0. The van der Waals surface area contributed by atoms with Crippen molar-refractivity contribution in [2.24, 2.45) is 0 Å². The van der Waals surface area contributed by atoms with Crippen molar-refractivity contribution in [3.8, 4) is 0 Å². The third kappa shape index (κ3) is 5.04. The summed E-state index contributed by atoms with van der Waals surface area (Å²) in [6, 6.07) is 0. The molecule has 0 saturated carbocycles. The summed E-state index contributed by atoms with van der Waals surface area (Å²) in [6.45, 7) is 0.622. The van der Waals surface area contributed by atoms with Crippen LogP contribution in [0.15, 0.2) is 12.5 Å². The molecule has 2 aliphatic heterocycles. The quantitative estimate of drug-likeness (QED) is 0.175. The number of aliphatic hydroxyl groups is 2. The first-order valence-corrected chi connectivity index (χ1v) is 15.5. The van der Waals surface area contributed by atoms with Crippen LogP contribution in [0.5, 0.6) is 0 Å². The molecular weight excluding hydrogens is 570 g/mol. The van der Waals surface area contributed by atoms with Crippen LogP contribution in [0.25, 0.3) is 11.0 Å². The van der Waals surface area contributed by atoms with Gasteiger partial charge in [-0.25, -0.2) is 19.8 Å². The van der Waals surface area contributed by atoms with Gasteiger partial charge in [-0.2, -0.15) is 8.78 Å². The molecule has 37 heavy (non-hydrogen) atoms. The van der Waals surface area contributed by atoms with E-state index in [1.165, 1.54) is 17.8 Å². The molecule has 4 heterocycles. The van der Waals surface area contributed by atoms with E-state index in [0.29, 0.717) is 30.8 Å². The maximum atomic E-state index is 13.7. The zero-order chi connectivity index (χ0) is 27.6. The third-order valence-electron chi connectivity index (χ3n) is 5.76. The topological polar surface area (TPSA) is 232 Å². The fourth-order valence-electron chi connectivity index (χ4n) is 3.91. The molecule has 0 aromatic carbocycles. The number of halogens is 2. The molecule has 2 aliphatic rings. The maximum absolute atomic E-state index is 13.7. The molecule has 0 amide bonds. The third-order valence-corrected chi connectivity index (χ3v) is 11.4. The average molecular weight is 592 g/mol. The second-order valence-electron chi connectivity index (χ2n) is 8.60. The van der Waals surface area contributed by atoms with Crippen molar-refractivity contribution < 1.29 is 65.8 Å². The van der Waals surface area contributed by atoms with Crippen molar-refractivity contribution in [2.75, 3.05) is 18.7 Å². The highest BCUT2D eigenvalue weighted by Crippen LogP contribution is 2.77. The first-order chi connectivity index (χ1) is 16.9. The highest BCUT2D eigenvalue weighted by Gasteiger charge is 2.66. The van der Waals surface area contributed by atoms with Gasteiger partial charge in [0.15, 0.2) is 12.0 Å². The second kappa shape index (κ2) is 9.40. The van der Waals surface area contributed by atoms with E-state index in [-0.39, 0.29) is 6.61 Å². The summed E-state index contributed by atoms with van der Waals surface area (Å²) in [5.41, 5.74) is 1.72. The van der Waals surface area contributed by atoms with Crippen LogP contribution in [-0.4, -0.2) is 83.4 Å². The van der Waals surface area contributed by atoms with E-state index in [1.807, 2.05) is 0 Å². The van der Waals surface area contributed by atoms with Crippen LogP contribution in [0.1, 0.15) is 18.7 Å². The normalized spacial score (nSPS) is 29.9. The van der Waals surface area contributed by atoms with Gasteiger partial charge in [-0.3, -0.25) is 18.5 Å². The summed E-state index contributed by atoms with van der Waals surface area (Å²) in [6.07, 6.45) is -1.20. The lowest BCUT2D eigenvalue weighted by Gasteiger charge is -2.28. The highest BCUT2D eigenvalue weighted by molar-refractivity contribution is 7.86. The van der Waals surface area contributed by atoms with Gasteiger partial charge >= 0.3 is 20.6 Å². The predicted octanol–water partition coefficient (Wildman–Crippen LogP) is 0.0280. The van der Waals surface area contributed by atoms with Crippen LogP contribution in [0.3, 0.4) is 0 Å². The number of aliphatic hydroxyl groups excluding tert-OH is 1. The number of ether oxygens (including phenoxy) is 1. The van der Waals surface area contributed by atoms with Gasteiger partial charge in [-0.15, -0.1) is 0 Å². The van der Waals surface area contributed by atoms with Gasteiger partial charge in [0.25, 0.3) is 15.0 Å². The molecule has 0 bridgehead atoms. The molecule has 22 heteroatoms. The van der Waals surface area contributed by atoms with Gasteiger partial charge in [0.1, 0.15) is 29.8 Å². The molecule has 0 radical (unpaired) electrons. The molecule has 1 saturated heterocycles. The van der Waals surface area contributed by atoms with Crippen LogP contribution >= 0.6 is 22.7 Å². The number of rotatable bonds is 8. The van der Waals surface area contributed by atoms with Crippen molar-refractivity contribution in [1.29, 1.82) is 0 Å². The van der Waals surface area contributed by atoms with Crippen LogP contribution < -0.4 is 5.48 Å². The number of alkyl halides is 2. The lowest BCUT2D eigenvalue weighted by atomic mass is 9.96. The van der Waals surface area contributed by atoms with Crippen molar-refractivity contribution in [3.05, 3.63) is 18.1 Å². The van der Waals surface area contributed by atoms with Gasteiger partial charge < -0.3 is 38.7 Å². The number of anilines is 1. The van der Waals surface area contributed by atoms with Crippen molar-refractivity contribution in [2.45, 2.75) is 42.8 Å². The molecule has 2 aromatic heterocycles. The Morgan fingerprint density at radius 1 is 1.32 bits per heavy atom. The number of hydrogen-bond acceptors (Lipinski definition) is 12. The molecular formula is C15H22BF2N4O12P3. The van der Waals surface area contributed by atoms with Crippen molar-refractivity contribution >= 4 is 47.1 Å². The Kier molecular flexibility index (Phi) is 7.29. The zero-order valence-corrected chi connectivity index (χ0v) is 21.7. The smallest absolute Gasteiger partial charge is 0.387 e. The van der Waals surface area contributed by atoms with Gasteiger partial charge in [0.05, 0.1) is 18.6 Å². The van der Waals surface area contributed by atoms with Gasteiger partial charge in [-0.05, 0) is 12.5 Å². The summed E-state index contributed by atoms with van der Waals surface area (Å²) >= 11 is 0. The van der Waals surface area contributed by atoms with Crippen LogP contribution in [0.4, 0.5) is 14.6 Å². The lowest BCUT2D eigenvalue weighted by Crippen LogP contribution is -2.44. The Bertz CT molecular complexity index is 1360. The van der Waals surface area contributed by atoms with Crippen LogP contribution in [0, 0.1) is 0 Å². The number of aromatic nitrogens is 3. The number of nitrogens with one attached hydrogen (secondary N) is 1. The largest absolute Gasteiger partial charge is 0.444 e. The lowest BCUT2D eigenvalue weighted by molar-refractivity contribution is -0.0946. The van der Waals surface area contributed by atoms with Crippen molar-refractivity contribution in [1.82, 2.24) is 14.5 Å². The molecule has 3 unspecified atom stereocenters. The molecule has 6 N–H and O–H groups in total. The Balaban J connectivity index is 1.55. The van der Waals surface area contributed by atoms with E-state index in [2.05, 4.69) is 19.8 Å². The van der Waals surface area contributed by atoms with E-state index >= 15 is 0 Å². The Labute approximate surface area is 207 Å². The second-order valence-corrected chi connectivity index (χ2v) is 14.7. The minimum Gasteiger partial charge on any atom is -0.387 e. The first kappa shape index (κ1) is 28.7. The SMILES string of the molecule is BP(=O)(OC[C@H]1OC(n2cc3c4c(ncnc42)NOCC3)[C@](C)(O)[C@@H]1O)OP(=O)(O)C(F)(F)P(=O)(O)O. The number of hydrogen-bond donors (Lipinski definition) is 6. The molecule has 6 atom stereocenters. The van der Waals surface area contributed by atoms with Gasteiger partial charge in [-0.1, -0.05) is 0 Å². The summed E-state index contributed by atoms with van der Waals surface area (Å²) in [5.74, 6) is 0.360. The molecule has 4 rings (SSSR count). The summed E-state index contributed by atoms with van der Waals surface area (Å²) in [7, 11) is -17.4.